The number of carbonyl (C=O) groups excluding carboxylic acids is 1. The molecule has 1 rings (SSSR count). The molecule has 0 unspecified atom stereocenters. The highest BCUT2D eigenvalue weighted by Crippen LogP contribution is 2.26. The van der Waals surface area contributed by atoms with E-state index >= 15 is 0 Å². The minimum atomic E-state index is -1.80. The average molecular weight is 339 g/mol. The lowest BCUT2D eigenvalue weighted by molar-refractivity contribution is -0.123. The van der Waals surface area contributed by atoms with Crippen LogP contribution in [0.5, 0.6) is 5.75 Å². The van der Waals surface area contributed by atoms with Gasteiger partial charge in [-0.3, -0.25) is 4.79 Å². The summed E-state index contributed by atoms with van der Waals surface area (Å²) in [7, 11) is 1.32. The molecule has 0 saturated carbocycles. The van der Waals surface area contributed by atoms with Gasteiger partial charge in [0, 0.05) is 19.8 Å². The van der Waals surface area contributed by atoms with Crippen molar-refractivity contribution in [2.24, 2.45) is 0 Å². The van der Waals surface area contributed by atoms with Crippen molar-refractivity contribution in [2.75, 3.05) is 20.3 Å². The molecule has 10 heteroatoms. The fourth-order valence-corrected chi connectivity index (χ4v) is 1.62. The third-order valence-electron chi connectivity index (χ3n) is 2.73. The summed E-state index contributed by atoms with van der Waals surface area (Å²) < 4.78 is 61.9. The molecular weight excluding hydrogens is 326 g/mol. The van der Waals surface area contributed by atoms with Crippen molar-refractivity contribution in [3.05, 3.63) is 29.3 Å². The minimum Gasteiger partial charge on any atom is -0.479 e. The van der Waals surface area contributed by atoms with Gasteiger partial charge in [0.2, 0.25) is 11.6 Å². The molecule has 0 heterocycles. The number of rotatable bonds is 8. The number of hydrogen-bond donors (Lipinski definition) is 2. The van der Waals surface area contributed by atoms with Crippen LogP contribution in [0, 0.1) is 23.3 Å². The number of carboxylic acid groups (broad SMARTS) is 1. The molecule has 0 radical (unpaired) electrons. The van der Waals surface area contributed by atoms with Crippen molar-refractivity contribution in [2.45, 2.75) is 12.5 Å². The van der Waals surface area contributed by atoms with Crippen LogP contribution >= 0.6 is 0 Å². The van der Waals surface area contributed by atoms with E-state index in [9.17, 15) is 27.2 Å². The molecule has 1 aromatic carbocycles. The van der Waals surface area contributed by atoms with Crippen LogP contribution in [-0.2, 0) is 9.53 Å². The predicted octanol–water partition coefficient (Wildman–Crippen LogP) is 1.86. The number of hydrogen-bond acceptors (Lipinski definition) is 4. The molecule has 1 atom stereocenters. The quantitative estimate of drug-likeness (QED) is 0.558. The summed E-state index contributed by atoms with van der Waals surface area (Å²) >= 11 is 0. The first-order chi connectivity index (χ1) is 10.8. The summed E-state index contributed by atoms with van der Waals surface area (Å²) in [4.78, 5) is 22.4. The third kappa shape index (κ3) is 5.09. The molecular formula is C13H13F4NO5. The summed E-state index contributed by atoms with van der Waals surface area (Å²) in [6.07, 6.45) is -1.57. The van der Waals surface area contributed by atoms with Crippen molar-refractivity contribution >= 4 is 11.9 Å². The number of nitrogens with one attached hydrogen (secondary N) is 1. The summed E-state index contributed by atoms with van der Waals surface area (Å²) in [5.41, 5.74) is 0. The van der Waals surface area contributed by atoms with E-state index in [0.717, 1.165) is 0 Å². The van der Waals surface area contributed by atoms with Crippen LogP contribution in [0.25, 0.3) is 0 Å². The second-order valence-corrected chi connectivity index (χ2v) is 4.34. The standard InChI is InChI=1S/C13H13F4NO5/c1-22-3-2-8(18-13(20)21)9(19)5-23-12-10(16)6(14)4-7(15)11(12)17/h4,8,18H,2-3,5H2,1H3,(H,20,21)/t8-/m0/s1. The number of amides is 1. The van der Waals surface area contributed by atoms with Gasteiger partial charge in [-0.1, -0.05) is 0 Å². The Morgan fingerprint density at radius 3 is 2.26 bits per heavy atom. The first-order valence-corrected chi connectivity index (χ1v) is 6.24. The summed E-state index contributed by atoms with van der Waals surface area (Å²) in [6, 6.07) is -1.27. The first kappa shape index (κ1) is 18.7. The molecule has 0 aliphatic rings. The fraction of sp³-hybridized carbons (Fsp3) is 0.385. The topological polar surface area (TPSA) is 84.9 Å². The highest BCUT2D eigenvalue weighted by atomic mass is 19.2. The van der Waals surface area contributed by atoms with Crippen LogP contribution in [0.2, 0.25) is 0 Å². The van der Waals surface area contributed by atoms with Gasteiger partial charge in [0.1, 0.15) is 6.61 Å². The van der Waals surface area contributed by atoms with Crippen LogP contribution in [-0.4, -0.2) is 43.3 Å². The van der Waals surface area contributed by atoms with Gasteiger partial charge in [0.15, 0.2) is 23.2 Å². The number of methoxy groups -OCH3 is 1. The van der Waals surface area contributed by atoms with Crippen molar-refractivity contribution in [1.29, 1.82) is 0 Å². The van der Waals surface area contributed by atoms with Crippen molar-refractivity contribution < 1.29 is 41.7 Å². The Balaban J connectivity index is 2.83. The van der Waals surface area contributed by atoms with Crippen LogP contribution in [0.3, 0.4) is 0 Å². The van der Waals surface area contributed by atoms with E-state index in [1.807, 2.05) is 5.32 Å². The average Bonchev–Trinajstić information content (AvgIpc) is 2.48. The molecule has 1 amide bonds. The van der Waals surface area contributed by atoms with E-state index in [4.69, 9.17) is 9.84 Å². The molecule has 1 aromatic rings. The number of ether oxygens (including phenoxy) is 2. The molecule has 128 valence electrons. The number of benzene rings is 1. The molecule has 0 fully saturated rings. The molecule has 0 aliphatic heterocycles. The Bertz CT molecular complexity index is 570. The molecule has 0 saturated heterocycles. The second-order valence-electron chi connectivity index (χ2n) is 4.34. The van der Waals surface area contributed by atoms with Crippen LogP contribution in [0.4, 0.5) is 22.4 Å². The van der Waals surface area contributed by atoms with Gasteiger partial charge in [-0.2, -0.15) is 8.78 Å². The SMILES string of the molecule is COCC[C@H](NC(=O)O)C(=O)COc1c(F)c(F)cc(F)c1F. The zero-order valence-corrected chi connectivity index (χ0v) is 11.9. The third-order valence-corrected chi connectivity index (χ3v) is 2.73. The Hall–Kier alpha value is -2.36. The van der Waals surface area contributed by atoms with Crippen LogP contribution in [0.15, 0.2) is 6.07 Å². The predicted molar refractivity (Wildman–Crippen MR) is 68.2 cm³/mol. The molecule has 0 aromatic heterocycles. The monoisotopic (exact) mass is 339 g/mol. The first-order valence-electron chi connectivity index (χ1n) is 6.24. The largest absolute Gasteiger partial charge is 0.479 e. The molecule has 0 spiro atoms. The van der Waals surface area contributed by atoms with E-state index < -0.39 is 53.5 Å². The Labute approximate surface area is 128 Å². The number of ketones is 1. The maximum Gasteiger partial charge on any atom is 0.405 e. The number of Topliss-reactive ketones (excluding diaryl/α,β-unsaturated/α-hetero) is 1. The smallest absolute Gasteiger partial charge is 0.405 e. The zero-order valence-electron chi connectivity index (χ0n) is 11.9. The van der Waals surface area contributed by atoms with Crippen LogP contribution in [0.1, 0.15) is 6.42 Å². The highest BCUT2D eigenvalue weighted by Gasteiger charge is 2.24. The fourth-order valence-electron chi connectivity index (χ4n) is 1.62. The second kappa shape index (κ2) is 8.32. The van der Waals surface area contributed by atoms with Crippen molar-refractivity contribution in [3.8, 4) is 5.75 Å². The zero-order chi connectivity index (χ0) is 17.6. The van der Waals surface area contributed by atoms with Gasteiger partial charge in [-0.05, 0) is 6.42 Å². The maximum absolute atomic E-state index is 13.4. The Morgan fingerprint density at radius 1 is 1.22 bits per heavy atom. The lowest BCUT2D eigenvalue weighted by Gasteiger charge is -2.16. The molecule has 2 N–H and O–H groups in total. The van der Waals surface area contributed by atoms with E-state index in [1.165, 1.54) is 7.11 Å². The lowest BCUT2D eigenvalue weighted by Crippen LogP contribution is -2.43. The maximum atomic E-state index is 13.4. The lowest BCUT2D eigenvalue weighted by atomic mass is 10.1. The summed E-state index contributed by atoms with van der Waals surface area (Å²) in [5.74, 6) is -9.26. The molecule has 0 aliphatic carbocycles. The van der Waals surface area contributed by atoms with Gasteiger partial charge >= 0.3 is 6.09 Å². The van der Waals surface area contributed by atoms with Gasteiger partial charge in [0.05, 0.1) is 6.04 Å². The van der Waals surface area contributed by atoms with Gasteiger partial charge in [-0.15, -0.1) is 0 Å². The van der Waals surface area contributed by atoms with E-state index in [2.05, 4.69) is 4.74 Å². The number of halogens is 4. The minimum absolute atomic E-state index is 0.00722. The Kier molecular flexibility index (Phi) is 6.76. The normalized spacial score (nSPS) is 11.9. The van der Waals surface area contributed by atoms with Gasteiger partial charge in [0.25, 0.3) is 0 Å². The van der Waals surface area contributed by atoms with E-state index in [-0.39, 0.29) is 19.1 Å². The van der Waals surface area contributed by atoms with Crippen LogP contribution < -0.4 is 10.1 Å². The number of carbonyl (C=O) groups is 2. The summed E-state index contributed by atoms with van der Waals surface area (Å²) in [5, 5.41) is 10.5. The molecule has 6 nitrogen and oxygen atoms in total. The van der Waals surface area contributed by atoms with Gasteiger partial charge < -0.3 is 19.9 Å². The highest BCUT2D eigenvalue weighted by molar-refractivity contribution is 5.88. The Morgan fingerprint density at radius 2 is 1.78 bits per heavy atom. The van der Waals surface area contributed by atoms with Crippen molar-refractivity contribution in [1.82, 2.24) is 5.32 Å². The molecule has 0 bridgehead atoms. The van der Waals surface area contributed by atoms with E-state index in [1.54, 1.807) is 0 Å². The van der Waals surface area contributed by atoms with Gasteiger partial charge in [-0.25, -0.2) is 13.6 Å². The molecule has 23 heavy (non-hydrogen) atoms. The summed E-state index contributed by atoms with van der Waals surface area (Å²) in [6.45, 7) is -0.973. The van der Waals surface area contributed by atoms with Crippen molar-refractivity contribution in [3.63, 3.8) is 0 Å². The van der Waals surface area contributed by atoms with E-state index in [0.29, 0.717) is 0 Å².